The second kappa shape index (κ2) is 15.7. The number of carbonyl (C=O) groups excluding carboxylic acids is 2. The van der Waals surface area contributed by atoms with E-state index in [0.717, 1.165) is 83.1 Å². The summed E-state index contributed by atoms with van der Waals surface area (Å²) in [5.74, 6) is 0.604. The Kier molecular flexibility index (Phi) is 10.8. The Labute approximate surface area is 315 Å². The molecule has 5 aromatic rings. The first-order valence-electron chi connectivity index (χ1n) is 18.7. The van der Waals surface area contributed by atoms with Crippen LogP contribution in [0, 0.1) is 0 Å². The van der Waals surface area contributed by atoms with Gasteiger partial charge in [-0.15, -0.1) is 11.3 Å². The fraction of sp³-hybridized carbons (Fsp3) is 0.390. The van der Waals surface area contributed by atoms with E-state index >= 15 is 0 Å². The highest BCUT2D eigenvalue weighted by Crippen LogP contribution is 2.42. The monoisotopic (exact) mass is 734 g/mol. The van der Waals surface area contributed by atoms with Crippen molar-refractivity contribution in [2.75, 3.05) is 50.5 Å². The molecule has 2 aromatic carbocycles. The highest BCUT2D eigenvalue weighted by atomic mass is 32.1. The van der Waals surface area contributed by atoms with Crippen LogP contribution >= 0.6 is 11.3 Å². The number of benzene rings is 2. The molecule has 0 saturated carbocycles. The number of aromatic nitrogens is 2. The molecule has 3 aromatic heterocycles. The van der Waals surface area contributed by atoms with Crippen LogP contribution in [0.15, 0.2) is 66.2 Å². The van der Waals surface area contributed by atoms with Gasteiger partial charge in [0, 0.05) is 70.1 Å². The summed E-state index contributed by atoms with van der Waals surface area (Å²) >= 11 is 1.55. The molecule has 3 atom stereocenters. The van der Waals surface area contributed by atoms with Gasteiger partial charge in [0.15, 0.2) is 0 Å². The van der Waals surface area contributed by atoms with E-state index in [1.165, 1.54) is 6.42 Å². The number of aryl methyl sites for hydroxylation is 1. The summed E-state index contributed by atoms with van der Waals surface area (Å²) in [6, 6.07) is 16.1. The zero-order chi connectivity index (χ0) is 37.2. The average Bonchev–Trinajstić information content (AvgIpc) is 4.00. The molecule has 2 amide bonds. The number of likely N-dealkylation sites (tertiary alicyclic amines) is 2. The average molecular weight is 735 g/mol. The van der Waals surface area contributed by atoms with Crippen LogP contribution in [0.2, 0.25) is 0 Å². The molecule has 5 heterocycles. The summed E-state index contributed by atoms with van der Waals surface area (Å²) in [6.07, 6.45) is 8.68. The largest absolute Gasteiger partial charge is 0.495 e. The first-order valence-corrected chi connectivity index (χ1v) is 19.5. The molecule has 2 saturated heterocycles. The summed E-state index contributed by atoms with van der Waals surface area (Å²) in [5.41, 5.74) is 18.3. The maximum absolute atomic E-state index is 14.7. The third-order valence-corrected chi connectivity index (χ3v) is 12.2. The van der Waals surface area contributed by atoms with E-state index in [4.69, 9.17) is 16.2 Å². The molecule has 1 unspecified atom stereocenters. The number of nitrogens with two attached hydrogens (primary N) is 2. The smallest absolute Gasteiger partial charge is 0.276 e. The maximum atomic E-state index is 14.7. The van der Waals surface area contributed by atoms with Gasteiger partial charge in [0.1, 0.15) is 23.4 Å². The van der Waals surface area contributed by atoms with Crippen molar-refractivity contribution in [3.8, 4) is 16.9 Å². The minimum absolute atomic E-state index is 0.00277. The standard InChI is InChI=1S/C41H50N8O3S/c1-5-47-19-9-12-29(47)24-44-36(50)18-16-28-23-45-39(42)37-30(25-53-38(28)37)26-15-17-32(35(22-26)52-4)49(40(43)33-14-10-20-48(33)6-2)41(51)34-21-27-11-7-8-13-31(27)46(34)3/h7-8,11,13,15-18,21-23,25,29,33,40H,5-6,9-10,12,14,19-20,24,43H2,1-4H3,(H2,42,45)(H,44,50)/b18-16+/t29-,33-,40?/m0/s1. The van der Waals surface area contributed by atoms with Crippen LogP contribution < -0.4 is 26.4 Å². The predicted octanol–water partition coefficient (Wildman–Crippen LogP) is 6.08. The van der Waals surface area contributed by atoms with Gasteiger partial charge in [-0.2, -0.15) is 0 Å². The fourth-order valence-corrected chi connectivity index (χ4v) is 9.35. The van der Waals surface area contributed by atoms with E-state index in [2.05, 4.69) is 39.3 Å². The molecule has 53 heavy (non-hydrogen) atoms. The van der Waals surface area contributed by atoms with Crippen LogP contribution in [-0.4, -0.2) is 89.2 Å². The van der Waals surface area contributed by atoms with Gasteiger partial charge in [0.05, 0.1) is 12.8 Å². The molecule has 0 bridgehead atoms. The Morgan fingerprint density at radius 2 is 1.87 bits per heavy atom. The molecule has 2 aliphatic rings. The van der Waals surface area contributed by atoms with Crippen LogP contribution in [0.1, 0.15) is 55.6 Å². The SMILES string of the molecule is CCN1CCC[C@H]1CNC(=O)/C=C/c1cnc(N)c2c(-c3ccc(N(C(=O)c4cc5ccccc5n4C)C(N)[C@@H]4CCCN4CC)c(OC)c3)csc12. The Balaban J connectivity index is 1.21. The van der Waals surface area contributed by atoms with E-state index < -0.39 is 6.17 Å². The second-order valence-electron chi connectivity index (χ2n) is 14.0. The lowest BCUT2D eigenvalue weighted by molar-refractivity contribution is -0.116. The van der Waals surface area contributed by atoms with Crippen molar-refractivity contribution in [3.05, 3.63) is 77.4 Å². The van der Waals surface area contributed by atoms with Crippen LogP contribution in [0.4, 0.5) is 11.5 Å². The molecule has 0 spiro atoms. The third kappa shape index (κ3) is 7.04. The number of likely N-dealkylation sites (N-methyl/N-ethyl adjacent to an activating group) is 2. The topological polar surface area (TPSA) is 135 Å². The van der Waals surface area contributed by atoms with Crippen molar-refractivity contribution < 1.29 is 14.3 Å². The number of thiophene rings is 1. The summed E-state index contributed by atoms with van der Waals surface area (Å²) in [4.78, 5) is 38.5. The van der Waals surface area contributed by atoms with Gasteiger partial charge < -0.3 is 26.1 Å². The number of rotatable bonds is 12. The van der Waals surface area contributed by atoms with E-state index in [1.54, 1.807) is 41.7 Å². The molecule has 2 aliphatic heterocycles. The third-order valence-electron chi connectivity index (χ3n) is 11.1. The summed E-state index contributed by atoms with van der Waals surface area (Å²) in [5, 5.41) is 6.92. The van der Waals surface area contributed by atoms with Gasteiger partial charge in [-0.1, -0.05) is 38.1 Å². The molecule has 11 nitrogen and oxygen atoms in total. The number of pyridine rings is 1. The Morgan fingerprint density at radius 1 is 1.09 bits per heavy atom. The van der Waals surface area contributed by atoms with E-state index in [9.17, 15) is 9.59 Å². The first kappa shape index (κ1) is 36.6. The Hall–Kier alpha value is -4.75. The van der Waals surface area contributed by atoms with Gasteiger partial charge in [0.25, 0.3) is 5.91 Å². The van der Waals surface area contributed by atoms with Crippen molar-refractivity contribution in [2.45, 2.75) is 57.8 Å². The summed E-state index contributed by atoms with van der Waals surface area (Å²) < 4.78 is 8.91. The normalized spacial score (nSPS) is 18.7. The maximum Gasteiger partial charge on any atom is 0.276 e. The van der Waals surface area contributed by atoms with Crippen LogP contribution in [0.25, 0.3) is 38.2 Å². The minimum atomic E-state index is -0.611. The number of ether oxygens (including phenoxy) is 1. The van der Waals surface area contributed by atoms with Crippen molar-refractivity contribution in [1.82, 2.24) is 24.7 Å². The first-order chi connectivity index (χ1) is 25.7. The van der Waals surface area contributed by atoms with Crippen molar-refractivity contribution in [1.29, 1.82) is 0 Å². The summed E-state index contributed by atoms with van der Waals surface area (Å²) in [7, 11) is 3.53. The molecule has 2 fully saturated rings. The number of hydrogen-bond acceptors (Lipinski definition) is 9. The van der Waals surface area contributed by atoms with E-state index in [1.807, 2.05) is 60.1 Å². The molecule has 12 heteroatoms. The van der Waals surface area contributed by atoms with Gasteiger partial charge in [-0.3, -0.25) is 24.3 Å². The molecule has 0 aliphatic carbocycles. The number of nitrogens with zero attached hydrogens (tertiary/aromatic N) is 5. The zero-order valence-corrected chi connectivity index (χ0v) is 31.9. The number of nitrogen functional groups attached to an aromatic ring is 1. The quantitative estimate of drug-likeness (QED) is 0.104. The fourth-order valence-electron chi connectivity index (χ4n) is 8.27. The highest BCUT2D eigenvalue weighted by molar-refractivity contribution is 7.18. The number of methoxy groups -OCH3 is 1. The second-order valence-corrected chi connectivity index (χ2v) is 14.9. The van der Waals surface area contributed by atoms with Crippen LogP contribution in [-0.2, 0) is 11.8 Å². The number of nitrogens with one attached hydrogen (secondary N) is 1. The van der Waals surface area contributed by atoms with Crippen molar-refractivity contribution in [3.63, 3.8) is 0 Å². The highest BCUT2D eigenvalue weighted by Gasteiger charge is 2.37. The number of para-hydroxylation sites is 1. The number of anilines is 2. The van der Waals surface area contributed by atoms with Crippen molar-refractivity contribution in [2.24, 2.45) is 12.8 Å². The lowest BCUT2D eigenvalue weighted by Gasteiger charge is -2.37. The van der Waals surface area contributed by atoms with Crippen molar-refractivity contribution >= 4 is 61.7 Å². The molecular formula is C41H50N8O3S. The summed E-state index contributed by atoms with van der Waals surface area (Å²) in [6.45, 7) is 8.82. The van der Waals surface area contributed by atoms with Crippen LogP contribution in [0.5, 0.6) is 5.75 Å². The number of hydrogen-bond donors (Lipinski definition) is 3. The molecule has 278 valence electrons. The van der Waals surface area contributed by atoms with E-state index in [-0.39, 0.29) is 17.9 Å². The van der Waals surface area contributed by atoms with Gasteiger partial charge in [0.2, 0.25) is 5.91 Å². The molecule has 0 radical (unpaired) electrons. The molecular weight excluding hydrogens is 685 g/mol. The minimum Gasteiger partial charge on any atom is -0.495 e. The molecule has 7 rings (SSSR count). The van der Waals surface area contributed by atoms with Crippen LogP contribution in [0.3, 0.4) is 0 Å². The predicted molar refractivity (Wildman–Crippen MR) is 216 cm³/mol. The Bertz CT molecular complexity index is 2160. The lowest BCUT2D eigenvalue weighted by Crippen LogP contribution is -2.57. The number of amides is 2. The molecule has 5 N–H and O–H groups in total. The lowest BCUT2D eigenvalue weighted by atomic mass is 10.0. The van der Waals surface area contributed by atoms with E-state index in [0.29, 0.717) is 35.5 Å². The Morgan fingerprint density at radius 3 is 2.64 bits per heavy atom. The van der Waals surface area contributed by atoms with Gasteiger partial charge >= 0.3 is 0 Å². The van der Waals surface area contributed by atoms with Gasteiger partial charge in [-0.05, 0) is 93.1 Å². The number of fused-ring (bicyclic) bond motifs is 2. The zero-order valence-electron chi connectivity index (χ0n) is 31.0. The van der Waals surface area contributed by atoms with Gasteiger partial charge in [-0.25, -0.2) is 4.98 Å². The number of carbonyl (C=O) groups is 2.